The predicted octanol–water partition coefficient (Wildman–Crippen LogP) is 0.705. The van der Waals surface area contributed by atoms with Crippen molar-refractivity contribution in [3.8, 4) is 0 Å². The first-order chi connectivity index (χ1) is 16.7. The van der Waals surface area contributed by atoms with E-state index in [1.54, 1.807) is 25.2 Å². The third kappa shape index (κ3) is 3.89. The van der Waals surface area contributed by atoms with Crippen molar-refractivity contribution in [2.24, 2.45) is 16.5 Å². The Morgan fingerprint density at radius 1 is 1.31 bits per heavy atom. The standard InChI is InChI=1S/C25H29N5O5/c1-14(12-18(30-23(27)28-2)15-9-11-29-19(26)13-15)8-10-24-20(31)16-6-4-5-7-17(16)21(32)25(24,35-24)22(33)34-3/h4-9,13,18,29H,10-12,26H2,1-3H3,(H3,27,28,30)/b14-8+/t18-,24-,25-/m0/s1. The summed E-state index contributed by atoms with van der Waals surface area (Å²) in [7, 11) is 2.76. The van der Waals surface area contributed by atoms with E-state index in [-0.39, 0.29) is 29.5 Å². The third-order valence-electron chi connectivity index (χ3n) is 6.63. The number of esters is 1. The molecule has 6 N–H and O–H groups in total. The zero-order valence-corrected chi connectivity index (χ0v) is 19.9. The summed E-state index contributed by atoms with van der Waals surface area (Å²) in [5.41, 5.74) is 10.5. The Morgan fingerprint density at radius 3 is 2.63 bits per heavy atom. The second kappa shape index (κ2) is 9.03. The highest BCUT2D eigenvalue weighted by atomic mass is 16.7. The molecule has 10 nitrogen and oxygen atoms in total. The van der Waals surface area contributed by atoms with Crippen LogP contribution in [0.2, 0.25) is 0 Å². The number of ketones is 2. The molecular formula is C25H29N5O5. The lowest BCUT2D eigenvalue weighted by Gasteiger charge is -2.25. The topological polar surface area (TPSA) is 161 Å². The fourth-order valence-electron chi connectivity index (χ4n) is 4.72. The first kappa shape index (κ1) is 24.2. The van der Waals surface area contributed by atoms with E-state index in [0.29, 0.717) is 18.8 Å². The fraction of sp³-hybridized carbons (Fsp3) is 0.360. The number of nitrogens with two attached hydrogens (primary N) is 2. The molecule has 35 heavy (non-hydrogen) atoms. The lowest BCUT2D eigenvalue weighted by molar-refractivity contribution is -0.145. The number of Topliss-reactive ketones (excluding diaryl/α,β-unsaturated/α-hetero) is 2. The van der Waals surface area contributed by atoms with Gasteiger partial charge in [0.15, 0.2) is 17.3 Å². The van der Waals surface area contributed by atoms with Gasteiger partial charge in [-0.2, -0.15) is 0 Å². The van der Waals surface area contributed by atoms with E-state index in [9.17, 15) is 14.4 Å². The molecule has 0 bridgehead atoms. The minimum Gasteiger partial charge on any atom is -0.466 e. The maximum absolute atomic E-state index is 13.5. The molecule has 184 valence electrons. The first-order valence-electron chi connectivity index (χ1n) is 11.2. The summed E-state index contributed by atoms with van der Waals surface area (Å²) in [5.74, 6) is -1.02. The van der Waals surface area contributed by atoms with Crippen LogP contribution < -0.4 is 22.1 Å². The van der Waals surface area contributed by atoms with Crippen LogP contribution in [0.25, 0.3) is 0 Å². The highest BCUT2D eigenvalue weighted by molar-refractivity contribution is 6.32. The van der Waals surface area contributed by atoms with Crippen LogP contribution in [0.4, 0.5) is 0 Å². The third-order valence-corrected chi connectivity index (χ3v) is 6.63. The first-order valence-corrected chi connectivity index (χ1v) is 11.2. The molecule has 1 fully saturated rings. The number of dihydropyridines is 1. The van der Waals surface area contributed by atoms with Gasteiger partial charge in [0.25, 0.3) is 5.60 Å². The van der Waals surface area contributed by atoms with E-state index in [2.05, 4.69) is 15.6 Å². The van der Waals surface area contributed by atoms with Crippen molar-refractivity contribution in [1.29, 1.82) is 0 Å². The van der Waals surface area contributed by atoms with Crippen molar-refractivity contribution >= 4 is 23.5 Å². The van der Waals surface area contributed by atoms with Crippen molar-refractivity contribution in [2.45, 2.75) is 37.0 Å². The van der Waals surface area contributed by atoms with Crippen molar-refractivity contribution in [3.05, 3.63) is 70.6 Å². The van der Waals surface area contributed by atoms with E-state index in [0.717, 1.165) is 11.1 Å². The molecule has 2 heterocycles. The number of guanidine groups is 1. The van der Waals surface area contributed by atoms with E-state index in [1.807, 2.05) is 25.2 Å². The number of rotatable bonds is 7. The summed E-state index contributed by atoms with van der Waals surface area (Å²) in [5, 5.41) is 6.21. The number of aliphatic imine (C=N–C) groups is 1. The van der Waals surface area contributed by atoms with Crippen LogP contribution in [0, 0.1) is 0 Å². The molecule has 0 amide bonds. The maximum atomic E-state index is 13.5. The van der Waals surface area contributed by atoms with Gasteiger partial charge >= 0.3 is 5.97 Å². The number of hydrogen-bond donors (Lipinski definition) is 4. The number of nitrogens with zero attached hydrogens (tertiary/aromatic N) is 1. The summed E-state index contributed by atoms with van der Waals surface area (Å²) in [6.45, 7) is 2.47. The van der Waals surface area contributed by atoms with Gasteiger partial charge in [0.05, 0.1) is 19.0 Å². The average Bonchev–Trinajstić information content (AvgIpc) is 3.57. The molecule has 10 heteroatoms. The highest BCUT2D eigenvalue weighted by Gasteiger charge is 2.85. The van der Waals surface area contributed by atoms with Gasteiger partial charge in [-0.05, 0) is 25.0 Å². The van der Waals surface area contributed by atoms with Crippen molar-refractivity contribution in [3.63, 3.8) is 0 Å². The van der Waals surface area contributed by atoms with Crippen LogP contribution >= 0.6 is 0 Å². The average molecular weight is 480 g/mol. The van der Waals surface area contributed by atoms with E-state index in [4.69, 9.17) is 20.9 Å². The van der Waals surface area contributed by atoms with Gasteiger partial charge in [0.2, 0.25) is 5.78 Å². The molecule has 0 aromatic heterocycles. The zero-order valence-electron chi connectivity index (χ0n) is 19.9. The molecular weight excluding hydrogens is 450 g/mol. The van der Waals surface area contributed by atoms with Gasteiger partial charge in [0.1, 0.15) is 0 Å². The number of hydrogen-bond acceptors (Lipinski definition) is 8. The molecule has 3 aliphatic rings. The molecule has 1 aromatic carbocycles. The summed E-state index contributed by atoms with van der Waals surface area (Å²) in [6, 6.07) is 6.18. The predicted molar refractivity (Wildman–Crippen MR) is 129 cm³/mol. The summed E-state index contributed by atoms with van der Waals surface area (Å²) in [4.78, 5) is 43.4. The molecule has 4 rings (SSSR count). The minimum atomic E-state index is -1.96. The van der Waals surface area contributed by atoms with Crippen molar-refractivity contribution < 1.29 is 23.9 Å². The van der Waals surface area contributed by atoms with Gasteiger partial charge in [-0.15, -0.1) is 0 Å². The van der Waals surface area contributed by atoms with Crippen molar-refractivity contribution in [2.75, 3.05) is 20.7 Å². The van der Waals surface area contributed by atoms with E-state index in [1.165, 1.54) is 13.2 Å². The summed E-state index contributed by atoms with van der Waals surface area (Å²) in [6.07, 6.45) is 6.17. The van der Waals surface area contributed by atoms with Gasteiger partial charge in [0, 0.05) is 31.1 Å². The molecule has 1 aliphatic carbocycles. The number of carbonyl (C=O) groups excluding carboxylic acids is 3. The normalized spacial score (nSPS) is 26.5. The Balaban J connectivity index is 1.62. The van der Waals surface area contributed by atoms with Crippen LogP contribution in [-0.2, 0) is 14.3 Å². The molecule has 0 saturated carbocycles. The Kier molecular flexibility index (Phi) is 6.25. The van der Waals surface area contributed by atoms with Gasteiger partial charge in [-0.25, -0.2) is 4.79 Å². The van der Waals surface area contributed by atoms with Crippen LogP contribution in [0.1, 0.15) is 40.5 Å². The number of fused-ring (bicyclic) bond motifs is 2. The Morgan fingerprint density at radius 2 is 2.00 bits per heavy atom. The zero-order chi connectivity index (χ0) is 25.4. The van der Waals surface area contributed by atoms with Crippen LogP contribution in [0.5, 0.6) is 0 Å². The Bertz CT molecular complexity index is 1220. The lowest BCUT2D eigenvalue weighted by Crippen LogP contribution is -2.50. The monoisotopic (exact) mass is 479 g/mol. The molecule has 1 saturated heterocycles. The Hall–Kier alpha value is -3.92. The van der Waals surface area contributed by atoms with Gasteiger partial charge in [-0.1, -0.05) is 42.0 Å². The molecule has 0 unspecified atom stereocenters. The largest absolute Gasteiger partial charge is 0.466 e. The molecule has 2 aliphatic heterocycles. The number of methoxy groups -OCH3 is 1. The number of carbonyl (C=O) groups is 3. The number of nitrogens with one attached hydrogen (secondary N) is 2. The summed E-state index contributed by atoms with van der Waals surface area (Å²) < 4.78 is 10.6. The number of epoxide rings is 1. The second-order valence-electron chi connectivity index (χ2n) is 8.75. The SMILES string of the molecule is CN=C(N)N[C@@H](C/C(C)=C/C[C@@]12O[C@]1(C(=O)OC)C(=O)c1ccccc1C2=O)C1=CCNC(N)=C1. The van der Waals surface area contributed by atoms with Gasteiger partial charge in [-0.3, -0.25) is 14.6 Å². The number of ether oxygens (including phenoxy) is 2. The smallest absolute Gasteiger partial charge is 0.350 e. The molecule has 3 atom stereocenters. The second-order valence-corrected chi connectivity index (χ2v) is 8.75. The van der Waals surface area contributed by atoms with Crippen LogP contribution in [0.15, 0.2) is 64.5 Å². The molecule has 0 radical (unpaired) electrons. The maximum Gasteiger partial charge on any atom is 0.350 e. The van der Waals surface area contributed by atoms with Gasteiger partial charge < -0.3 is 31.6 Å². The van der Waals surface area contributed by atoms with E-state index >= 15 is 0 Å². The van der Waals surface area contributed by atoms with Crippen molar-refractivity contribution in [1.82, 2.24) is 10.6 Å². The minimum absolute atomic E-state index is 0.0372. The molecule has 0 spiro atoms. The van der Waals surface area contributed by atoms with Crippen LogP contribution in [0.3, 0.4) is 0 Å². The van der Waals surface area contributed by atoms with Crippen LogP contribution in [-0.4, -0.2) is 61.4 Å². The lowest BCUT2D eigenvalue weighted by atomic mass is 9.72. The highest BCUT2D eigenvalue weighted by Crippen LogP contribution is 2.58. The quantitative estimate of drug-likeness (QED) is 0.110. The van der Waals surface area contributed by atoms with E-state index < -0.39 is 28.7 Å². The fourth-order valence-corrected chi connectivity index (χ4v) is 4.72. The molecule has 1 aromatic rings. The Labute approximate surface area is 203 Å². The number of benzene rings is 1. The summed E-state index contributed by atoms with van der Waals surface area (Å²) >= 11 is 0.